The second kappa shape index (κ2) is 12.8. The Morgan fingerprint density at radius 1 is 1.19 bits per heavy atom. The molecule has 12 nitrogen and oxygen atoms in total. The number of nitriles is 1. The Balaban J connectivity index is 1.35. The molecule has 43 heavy (non-hydrogen) atoms. The minimum absolute atomic E-state index is 0.134. The predicted octanol–water partition coefficient (Wildman–Crippen LogP) is 3.49. The Bertz CT molecular complexity index is 1600. The molecular formula is C31H41N11O. The molecule has 4 heterocycles. The van der Waals surface area contributed by atoms with E-state index >= 15 is 0 Å². The number of nitrogens with zero attached hydrogens (tertiary/aromatic N) is 9. The van der Waals surface area contributed by atoms with E-state index in [4.69, 9.17) is 20.6 Å². The molecule has 4 aromatic rings. The molecule has 1 aliphatic heterocycles. The topological polar surface area (TPSA) is 137 Å². The van der Waals surface area contributed by atoms with Gasteiger partial charge < -0.3 is 25.6 Å². The summed E-state index contributed by atoms with van der Waals surface area (Å²) in [6, 6.07) is 12.8. The lowest BCUT2D eigenvalue weighted by atomic mass is 10.1. The molecule has 3 N–H and O–H groups in total. The van der Waals surface area contributed by atoms with Crippen LogP contribution in [0.3, 0.4) is 0 Å². The zero-order valence-corrected chi connectivity index (χ0v) is 25.8. The fourth-order valence-electron chi connectivity index (χ4n) is 5.60. The van der Waals surface area contributed by atoms with Crippen molar-refractivity contribution >= 4 is 23.0 Å². The summed E-state index contributed by atoms with van der Waals surface area (Å²) < 4.78 is 7.88. The van der Waals surface area contributed by atoms with Crippen LogP contribution in [0, 0.1) is 18.3 Å². The van der Waals surface area contributed by atoms with Gasteiger partial charge in [-0.25, -0.2) is 19.5 Å². The maximum atomic E-state index is 9.57. The first-order valence-electron chi connectivity index (χ1n) is 14.6. The molecule has 12 heteroatoms. The minimum atomic E-state index is -0.337. The molecule has 0 spiro atoms. The van der Waals surface area contributed by atoms with Gasteiger partial charge in [0, 0.05) is 44.5 Å². The standard InChI is InChI=1S/C31H41N11O/c1-20-10-11-42-27(20)31(37-29(38-42)23(4)36-30-26(15-32)28(33)34-19-35-30)40-16-21(2)41(22(3)17-40)18-24-8-7-9-25(14-24)43-13-12-39(5)6/h7-11,14,19,21-23H,12-13,16-18H2,1-6H3,(H3,33,34,35,36)/t21-,22+,23-/m0/s1. The van der Waals surface area contributed by atoms with Crippen LogP contribution in [0.1, 0.15) is 49.3 Å². The molecule has 0 aliphatic carbocycles. The Kier molecular flexibility index (Phi) is 8.94. The molecule has 0 radical (unpaired) electrons. The predicted molar refractivity (Wildman–Crippen MR) is 168 cm³/mol. The molecule has 3 atom stereocenters. The van der Waals surface area contributed by atoms with Gasteiger partial charge in [0.2, 0.25) is 0 Å². The summed E-state index contributed by atoms with van der Waals surface area (Å²) in [4.78, 5) is 20.3. The fraction of sp³-hybridized carbons (Fsp3) is 0.452. The first-order chi connectivity index (χ1) is 20.6. The molecule has 0 saturated carbocycles. The molecule has 0 unspecified atom stereocenters. The number of hydrogen-bond donors (Lipinski definition) is 2. The van der Waals surface area contributed by atoms with Crippen molar-refractivity contribution in [2.45, 2.75) is 52.4 Å². The van der Waals surface area contributed by atoms with Crippen molar-refractivity contribution in [1.82, 2.24) is 34.4 Å². The van der Waals surface area contributed by atoms with Gasteiger partial charge in [0.25, 0.3) is 0 Å². The maximum absolute atomic E-state index is 9.57. The highest BCUT2D eigenvalue weighted by Gasteiger charge is 2.32. The number of nitrogens with two attached hydrogens (primary N) is 1. The van der Waals surface area contributed by atoms with E-state index in [-0.39, 0.29) is 29.5 Å². The second-order valence-electron chi connectivity index (χ2n) is 11.6. The molecule has 1 aromatic carbocycles. The summed E-state index contributed by atoms with van der Waals surface area (Å²) in [5.74, 6) is 2.90. The lowest BCUT2D eigenvalue weighted by Gasteiger charge is -2.45. The van der Waals surface area contributed by atoms with E-state index in [1.165, 1.54) is 11.9 Å². The Morgan fingerprint density at radius 3 is 2.67 bits per heavy atom. The monoisotopic (exact) mass is 583 g/mol. The van der Waals surface area contributed by atoms with Crippen LogP contribution < -0.4 is 20.7 Å². The third-order valence-corrected chi connectivity index (χ3v) is 7.91. The summed E-state index contributed by atoms with van der Waals surface area (Å²) in [5.41, 5.74) is 9.46. The zero-order chi connectivity index (χ0) is 30.7. The number of piperazine rings is 1. The van der Waals surface area contributed by atoms with Gasteiger partial charge in [-0.15, -0.1) is 0 Å². The summed E-state index contributed by atoms with van der Waals surface area (Å²) in [6.07, 6.45) is 3.30. The van der Waals surface area contributed by atoms with Crippen molar-refractivity contribution in [3.63, 3.8) is 0 Å². The van der Waals surface area contributed by atoms with Crippen LogP contribution in [0.15, 0.2) is 42.9 Å². The largest absolute Gasteiger partial charge is 0.492 e. The van der Waals surface area contributed by atoms with Gasteiger partial charge in [0.1, 0.15) is 47.5 Å². The van der Waals surface area contributed by atoms with Crippen LogP contribution in [0.2, 0.25) is 0 Å². The van der Waals surface area contributed by atoms with E-state index in [1.807, 2.05) is 37.8 Å². The van der Waals surface area contributed by atoms with Gasteiger partial charge in [0.05, 0.1) is 6.04 Å². The van der Waals surface area contributed by atoms with Crippen molar-refractivity contribution < 1.29 is 4.74 Å². The SMILES string of the molecule is Cc1ccn2nc([C@H](C)Nc3ncnc(N)c3C#N)nc(N3C[C@@H](C)N(Cc4cccc(OCCN(C)C)c4)[C@@H](C)C3)c12. The number of nitrogen functional groups attached to an aromatic ring is 1. The van der Waals surface area contributed by atoms with Gasteiger partial charge in [-0.3, -0.25) is 4.90 Å². The average Bonchev–Trinajstić information content (AvgIpc) is 3.35. The third-order valence-electron chi connectivity index (χ3n) is 7.91. The highest BCUT2D eigenvalue weighted by molar-refractivity contribution is 5.73. The van der Waals surface area contributed by atoms with Crippen molar-refractivity contribution in [2.75, 3.05) is 56.3 Å². The molecular weight excluding hydrogens is 542 g/mol. The lowest BCUT2D eigenvalue weighted by molar-refractivity contribution is 0.123. The number of nitrogens with one attached hydrogen (secondary N) is 1. The van der Waals surface area contributed by atoms with Crippen LogP contribution in [0.4, 0.5) is 17.5 Å². The van der Waals surface area contributed by atoms with Gasteiger partial charge in [0.15, 0.2) is 11.6 Å². The summed E-state index contributed by atoms with van der Waals surface area (Å²) in [7, 11) is 4.10. The van der Waals surface area contributed by atoms with E-state index in [0.717, 1.165) is 48.8 Å². The highest BCUT2D eigenvalue weighted by atomic mass is 16.5. The van der Waals surface area contributed by atoms with Crippen molar-refractivity contribution in [2.24, 2.45) is 0 Å². The summed E-state index contributed by atoms with van der Waals surface area (Å²) in [6.45, 7) is 12.6. The number of hydrogen-bond acceptors (Lipinski definition) is 11. The van der Waals surface area contributed by atoms with E-state index in [0.29, 0.717) is 18.2 Å². The number of likely N-dealkylation sites (N-methyl/N-ethyl adjacent to an activating group) is 1. The maximum Gasteiger partial charge on any atom is 0.173 e. The Morgan fingerprint density at radius 2 is 1.95 bits per heavy atom. The van der Waals surface area contributed by atoms with Gasteiger partial charge in [-0.2, -0.15) is 10.4 Å². The number of anilines is 3. The molecule has 5 rings (SSSR count). The molecule has 1 aliphatic rings. The quantitative estimate of drug-likeness (QED) is 0.284. The Labute approximate surface area is 253 Å². The number of fused-ring (bicyclic) bond motifs is 1. The first kappa shape index (κ1) is 30.0. The molecule has 226 valence electrons. The third kappa shape index (κ3) is 6.63. The summed E-state index contributed by atoms with van der Waals surface area (Å²) >= 11 is 0. The number of aryl methyl sites for hydroxylation is 1. The lowest BCUT2D eigenvalue weighted by Crippen LogP contribution is -2.56. The van der Waals surface area contributed by atoms with Crippen molar-refractivity contribution in [3.05, 3.63) is 65.4 Å². The van der Waals surface area contributed by atoms with Crippen LogP contribution in [-0.2, 0) is 6.54 Å². The smallest absolute Gasteiger partial charge is 0.173 e. The normalized spacial score (nSPS) is 18.1. The van der Waals surface area contributed by atoms with Crippen LogP contribution in [0.25, 0.3) is 5.52 Å². The number of benzene rings is 1. The second-order valence-corrected chi connectivity index (χ2v) is 11.6. The summed E-state index contributed by atoms with van der Waals surface area (Å²) in [5, 5.41) is 17.6. The highest BCUT2D eigenvalue weighted by Crippen LogP contribution is 2.30. The van der Waals surface area contributed by atoms with E-state index in [1.54, 1.807) is 0 Å². The number of ether oxygens (including phenoxy) is 1. The molecule has 0 amide bonds. The van der Waals surface area contributed by atoms with Crippen molar-refractivity contribution in [1.29, 1.82) is 5.26 Å². The first-order valence-corrected chi connectivity index (χ1v) is 14.6. The minimum Gasteiger partial charge on any atom is -0.492 e. The van der Waals surface area contributed by atoms with E-state index in [9.17, 15) is 5.26 Å². The molecule has 3 aromatic heterocycles. The van der Waals surface area contributed by atoms with Crippen LogP contribution in [-0.4, -0.2) is 86.8 Å². The number of aromatic nitrogens is 5. The zero-order valence-electron chi connectivity index (χ0n) is 25.8. The molecule has 0 bridgehead atoms. The fourth-order valence-corrected chi connectivity index (χ4v) is 5.60. The van der Waals surface area contributed by atoms with Crippen LogP contribution >= 0.6 is 0 Å². The van der Waals surface area contributed by atoms with Gasteiger partial charge in [-0.1, -0.05) is 12.1 Å². The van der Waals surface area contributed by atoms with Crippen LogP contribution in [0.5, 0.6) is 5.75 Å². The average molecular weight is 584 g/mol. The number of rotatable bonds is 10. The molecule has 1 saturated heterocycles. The Hall–Kier alpha value is -4.47. The van der Waals surface area contributed by atoms with Gasteiger partial charge >= 0.3 is 0 Å². The van der Waals surface area contributed by atoms with E-state index < -0.39 is 0 Å². The van der Waals surface area contributed by atoms with Gasteiger partial charge in [-0.05, 0) is 71.1 Å². The molecule has 1 fully saturated rings. The van der Waals surface area contributed by atoms with E-state index in [2.05, 4.69) is 81.1 Å². The van der Waals surface area contributed by atoms with Crippen molar-refractivity contribution in [3.8, 4) is 11.8 Å².